The zero-order valence-electron chi connectivity index (χ0n) is 24.4. The van der Waals surface area contributed by atoms with E-state index in [1.807, 2.05) is 55.0 Å². The standard InChI is InChI=1S/C37H31F2O5.Re/c38-37(39,27-10-2-1-3-11-27)44-28-18-14-26(15-19-28)36(40)43-29-22-41-32-20-16-24-8-4-6-12-30(24)34(32)35-31-13-7-5-9-25(31)17-21-33(35)42-23-29;/h1,4-9,12-21,27,29H,2-3,10-11,22-23H2;/q-1;. The second kappa shape index (κ2) is 13.2. The summed E-state index contributed by atoms with van der Waals surface area (Å²) >= 11 is 0. The molecule has 0 bridgehead atoms. The van der Waals surface area contributed by atoms with Crippen molar-refractivity contribution < 1.29 is 52.9 Å². The van der Waals surface area contributed by atoms with Crippen molar-refractivity contribution in [1.29, 1.82) is 0 Å². The molecule has 7 rings (SSSR count). The molecule has 45 heavy (non-hydrogen) atoms. The maximum atomic E-state index is 14.7. The van der Waals surface area contributed by atoms with Crippen LogP contribution in [0.3, 0.4) is 0 Å². The van der Waals surface area contributed by atoms with Crippen molar-refractivity contribution in [3.8, 4) is 28.4 Å². The van der Waals surface area contributed by atoms with E-state index in [2.05, 4.69) is 24.3 Å². The van der Waals surface area contributed by atoms with Crippen molar-refractivity contribution in [2.45, 2.75) is 37.9 Å². The largest absolute Gasteiger partial charge is 0.489 e. The Balaban J connectivity index is 0.00000357. The molecule has 1 saturated carbocycles. The molecule has 1 radical (unpaired) electrons. The summed E-state index contributed by atoms with van der Waals surface area (Å²) < 4.78 is 53.0. The number of ether oxygens (including phenoxy) is 4. The summed E-state index contributed by atoms with van der Waals surface area (Å²) in [4.78, 5) is 13.2. The first-order valence-corrected chi connectivity index (χ1v) is 15.0. The summed E-state index contributed by atoms with van der Waals surface area (Å²) in [7, 11) is 0. The summed E-state index contributed by atoms with van der Waals surface area (Å²) in [6, 6.07) is 29.8. The number of hydrogen-bond donors (Lipinski definition) is 0. The van der Waals surface area contributed by atoms with E-state index in [0.717, 1.165) is 32.7 Å². The number of fused-ring (bicyclic) bond motifs is 7. The van der Waals surface area contributed by atoms with Crippen LogP contribution in [0.5, 0.6) is 17.2 Å². The number of halogens is 2. The molecule has 231 valence electrons. The fraction of sp³-hybridized carbons (Fsp3) is 0.243. The third-order valence-electron chi connectivity index (χ3n) is 8.41. The van der Waals surface area contributed by atoms with Gasteiger partial charge in [-0.2, -0.15) is 21.6 Å². The summed E-state index contributed by atoms with van der Waals surface area (Å²) in [6.45, 7) is 0.129. The van der Waals surface area contributed by atoms with Gasteiger partial charge in [0.15, 0.2) is 6.10 Å². The second-order valence-electron chi connectivity index (χ2n) is 11.3. The van der Waals surface area contributed by atoms with Gasteiger partial charge in [0.1, 0.15) is 30.5 Å². The smallest absolute Gasteiger partial charge is 0.400 e. The molecule has 8 heteroatoms. The van der Waals surface area contributed by atoms with Crippen LogP contribution in [0.15, 0.2) is 97.1 Å². The molecule has 0 N–H and O–H groups in total. The maximum Gasteiger partial charge on any atom is 0.400 e. The predicted molar refractivity (Wildman–Crippen MR) is 165 cm³/mol. The third-order valence-corrected chi connectivity index (χ3v) is 8.41. The minimum atomic E-state index is -3.27. The Morgan fingerprint density at radius 2 is 1.27 bits per heavy atom. The van der Waals surface area contributed by atoms with Crippen molar-refractivity contribution in [3.05, 3.63) is 109 Å². The first-order valence-electron chi connectivity index (χ1n) is 15.0. The number of carbonyl (C=O) groups is 1. The molecule has 5 aromatic carbocycles. The van der Waals surface area contributed by atoms with Crippen LogP contribution < -0.4 is 14.2 Å². The van der Waals surface area contributed by atoms with Crippen LogP contribution >= 0.6 is 0 Å². The molecule has 0 aromatic heterocycles. The van der Waals surface area contributed by atoms with Crippen LogP contribution in [0.4, 0.5) is 8.78 Å². The zero-order valence-corrected chi connectivity index (χ0v) is 27.1. The van der Waals surface area contributed by atoms with Crippen molar-refractivity contribution in [3.63, 3.8) is 0 Å². The molecular weight excluding hydrogens is 749 g/mol. The average Bonchev–Trinajstić information content (AvgIpc) is 3.13. The van der Waals surface area contributed by atoms with Gasteiger partial charge >= 0.3 is 12.1 Å². The topological polar surface area (TPSA) is 54.0 Å². The molecule has 2 aliphatic rings. The maximum absolute atomic E-state index is 14.7. The fourth-order valence-corrected chi connectivity index (χ4v) is 6.12. The van der Waals surface area contributed by atoms with E-state index >= 15 is 0 Å². The van der Waals surface area contributed by atoms with Crippen LogP contribution in [0.2, 0.25) is 0 Å². The van der Waals surface area contributed by atoms with Crippen molar-refractivity contribution in [2.75, 3.05) is 13.2 Å². The van der Waals surface area contributed by atoms with Crippen LogP contribution in [0.25, 0.3) is 32.7 Å². The first kappa shape index (κ1) is 31.0. The van der Waals surface area contributed by atoms with Crippen molar-refractivity contribution in [1.82, 2.24) is 0 Å². The van der Waals surface area contributed by atoms with E-state index in [-0.39, 0.29) is 44.9 Å². The van der Waals surface area contributed by atoms with Gasteiger partial charge in [-0.3, -0.25) is 0 Å². The van der Waals surface area contributed by atoms with Gasteiger partial charge in [0.05, 0.1) is 11.5 Å². The molecule has 0 spiro atoms. The van der Waals surface area contributed by atoms with Crippen LogP contribution in [0, 0.1) is 12.3 Å². The number of carbonyl (C=O) groups excluding carboxylic acids is 1. The molecule has 0 amide bonds. The van der Waals surface area contributed by atoms with Crippen LogP contribution in [-0.2, 0) is 25.2 Å². The molecule has 5 aromatic rings. The minimum Gasteiger partial charge on any atom is -0.489 e. The Bertz CT molecular complexity index is 1730. The van der Waals surface area contributed by atoms with E-state index in [9.17, 15) is 13.6 Å². The van der Waals surface area contributed by atoms with Gasteiger partial charge in [-0.1, -0.05) is 73.5 Å². The van der Waals surface area contributed by atoms with E-state index < -0.39 is 24.1 Å². The fourth-order valence-electron chi connectivity index (χ4n) is 6.12. The summed E-state index contributed by atoms with van der Waals surface area (Å²) in [5.41, 5.74) is 2.05. The van der Waals surface area contributed by atoms with Crippen molar-refractivity contribution >= 4 is 27.5 Å². The van der Waals surface area contributed by atoms with Crippen molar-refractivity contribution in [2.24, 2.45) is 5.92 Å². The number of hydrogen-bond acceptors (Lipinski definition) is 5. The Hall–Kier alpha value is -3.99. The van der Waals surface area contributed by atoms with E-state index in [1.165, 1.54) is 24.3 Å². The van der Waals surface area contributed by atoms with E-state index in [0.29, 0.717) is 37.2 Å². The molecule has 5 nitrogen and oxygen atoms in total. The molecule has 0 atom stereocenters. The number of alkyl halides is 2. The van der Waals surface area contributed by atoms with Gasteiger partial charge in [-0.15, -0.1) is 0 Å². The Morgan fingerprint density at radius 3 is 1.82 bits per heavy atom. The Kier molecular flexibility index (Phi) is 9.07. The molecule has 0 saturated heterocycles. The molecule has 1 fully saturated rings. The quantitative estimate of drug-likeness (QED) is 0.132. The summed E-state index contributed by atoms with van der Waals surface area (Å²) in [6.07, 6.45) is 0.131. The molecular formula is C37H31F2O5Re-. The van der Waals surface area contributed by atoms with Gasteiger partial charge in [0.25, 0.3) is 0 Å². The van der Waals surface area contributed by atoms with E-state index in [1.54, 1.807) is 0 Å². The summed E-state index contributed by atoms with van der Waals surface area (Å²) in [5.74, 6) is -0.119. The van der Waals surface area contributed by atoms with Gasteiger partial charge in [0.2, 0.25) is 0 Å². The van der Waals surface area contributed by atoms with Crippen LogP contribution in [-0.4, -0.2) is 31.4 Å². The Morgan fingerprint density at radius 1 is 0.733 bits per heavy atom. The zero-order chi connectivity index (χ0) is 30.1. The Labute approximate surface area is 274 Å². The number of rotatable bonds is 5. The monoisotopic (exact) mass is 780 g/mol. The number of benzene rings is 5. The third kappa shape index (κ3) is 6.40. The summed E-state index contributed by atoms with van der Waals surface area (Å²) in [5, 5.41) is 4.18. The molecule has 1 aliphatic carbocycles. The average molecular weight is 780 g/mol. The minimum absolute atomic E-state index is 0. The predicted octanol–water partition coefficient (Wildman–Crippen LogP) is 9.02. The number of esters is 1. The first-order chi connectivity index (χ1) is 21.5. The molecule has 0 unspecified atom stereocenters. The SMILES string of the molecule is O=C(OC1COc2ccc3ccccc3c2-c2c(ccc3ccccc23)OC1)c1ccc(OC(F)(F)C2CC[CH-]CC2)cc1.[Re]. The van der Waals surface area contributed by atoms with Gasteiger partial charge in [-0.25, -0.2) is 4.79 Å². The van der Waals surface area contributed by atoms with Gasteiger partial charge in [-0.05, 0) is 57.9 Å². The molecule has 1 heterocycles. The molecule has 1 aliphatic heterocycles. The second-order valence-corrected chi connectivity index (χ2v) is 11.3. The normalized spacial score (nSPS) is 15.7. The van der Waals surface area contributed by atoms with Gasteiger partial charge in [0, 0.05) is 31.5 Å². The van der Waals surface area contributed by atoms with Gasteiger partial charge < -0.3 is 25.4 Å². The van der Waals surface area contributed by atoms with E-state index in [4.69, 9.17) is 18.9 Å². The van der Waals surface area contributed by atoms with Crippen LogP contribution in [0.1, 0.15) is 36.0 Å².